The third kappa shape index (κ3) is 5.45. The summed E-state index contributed by atoms with van der Waals surface area (Å²) in [5.41, 5.74) is 5.09. The number of methoxy groups -OCH3 is 1. The number of nitrogens with one attached hydrogen (secondary N) is 2. The first-order valence-electron chi connectivity index (χ1n) is 9.54. The van der Waals surface area contributed by atoms with E-state index in [0.29, 0.717) is 11.3 Å². The number of ether oxygens (including phenoxy) is 1. The van der Waals surface area contributed by atoms with Crippen LogP contribution in [0.2, 0.25) is 0 Å². The summed E-state index contributed by atoms with van der Waals surface area (Å²) in [5.74, 6) is -2.30. The predicted molar refractivity (Wildman–Crippen MR) is 109 cm³/mol. The van der Waals surface area contributed by atoms with E-state index in [1.807, 2.05) is 30.5 Å². The van der Waals surface area contributed by atoms with E-state index in [1.54, 1.807) is 19.4 Å². The van der Waals surface area contributed by atoms with Gasteiger partial charge in [0.2, 0.25) is 0 Å². The lowest BCUT2D eigenvalue weighted by Crippen LogP contribution is -2.35. The number of aromatic nitrogens is 2. The summed E-state index contributed by atoms with van der Waals surface area (Å²) in [4.78, 5) is 21.6. The lowest BCUT2D eigenvalue weighted by molar-refractivity contribution is -0.192. The summed E-state index contributed by atoms with van der Waals surface area (Å²) >= 11 is 0. The van der Waals surface area contributed by atoms with E-state index in [4.69, 9.17) is 14.6 Å². The number of carbonyl (C=O) groups is 2. The summed E-state index contributed by atoms with van der Waals surface area (Å²) in [5, 5.41) is 17.0. The summed E-state index contributed by atoms with van der Waals surface area (Å²) in [6.07, 6.45) is 0.212. The number of carboxylic acid groups (broad SMARTS) is 1. The van der Waals surface area contributed by atoms with E-state index >= 15 is 0 Å². The molecular formula is C22H20F3N3O4. The molecule has 3 aromatic rings. The minimum atomic E-state index is -5.08. The van der Waals surface area contributed by atoms with Crippen LogP contribution >= 0.6 is 0 Å². The smallest absolute Gasteiger partial charge is 0.490 e. The fraction of sp³-hybridized carbons (Fsp3) is 0.227. The van der Waals surface area contributed by atoms with Crippen LogP contribution < -0.4 is 10.1 Å². The molecule has 1 aliphatic carbocycles. The van der Waals surface area contributed by atoms with E-state index in [9.17, 15) is 18.0 Å². The molecule has 0 fully saturated rings. The summed E-state index contributed by atoms with van der Waals surface area (Å²) in [6.45, 7) is 0. The first kappa shape index (κ1) is 22.9. The van der Waals surface area contributed by atoms with Gasteiger partial charge in [-0.25, -0.2) is 4.79 Å². The Bertz CT molecular complexity index is 1070. The SMILES string of the molecule is COc1cc(-c2cn[nH]c2)ccc1C(=O)NC1Cc2ccccc2C1.O=C(O)C(F)(F)F. The van der Waals surface area contributed by atoms with Gasteiger partial charge in [0.05, 0.1) is 18.9 Å². The third-order valence-corrected chi connectivity index (χ3v) is 4.91. The Balaban J connectivity index is 0.000000360. The van der Waals surface area contributed by atoms with Gasteiger partial charge in [0.15, 0.2) is 0 Å². The van der Waals surface area contributed by atoms with Gasteiger partial charge in [-0.2, -0.15) is 18.3 Å². The van der Waals surface area contributed by atoms with Crippen molar-refractivity contribution in [3.8, 4) is 16.9 Å². The van der Waals surface area contributed by atoms with Crippen molar-refractivity contribution in [3.05, 3.63) is 71.5 Å². The number of carbonyl (C=O) groups excluding carboxylic acids is 1. The molecule has 10 heteroatoms. The number of amides is 1. The molecule has 1 aromatic heterocycles. The van der Waals surface area contributed by atoms with Gasteiger partial charge in [0.25, 0.3) is 5.91 Å². The summed E-state index contributed by atoms with van der Waals surface area (Å²) < 4.78 is 37.2. The average molecular weight is 447 g/mol. The number of H-pyrrole nitrogens is 1. The number of aliphatic carboxylic acids is 1. The predicted octanol–water partition coefficient (Wildman–Crippen LogP) is 3.62. The fourth-order valence-electron chi connectivity index (χ4n) is 3.39. The maximum atomic E-state index is 12.7. The molecule has 1 heterocycles. The monoisotopic (exact) mass is 447 g/mol. The van der Waals surface area contributed by atoms with Crippen LogP contribution in [-0.4, -0.2) is 46.5 Å². The van der Waals surface area contributed by atoms with E-state index in [-0.39, 0.29) is 11.9 Å². The minimum Gasteiger partial charge on any atom is -0.496 e. The molecule has 0 atom stereocenters. The van der Waals surface area contributed by atoms with Crippen molar-refractivity contribution in [2.24, 2.45) is 0 Å². The van der Waals surface area contributed by atoms with Crippen LogP contribution in [0.5, 0.6) is 5.75 Å². The molecule has 32 heavy (non-hydrogen) atoms. The number of carboxylic acids is 1. The maximum Gasteiger partial charge on any atom is 0.490 e. The van der Waals surface area contributed by atoms with E-state index < -0.39 is 12.1 Å². The standard InChI is InChI=1S/C20H19N3O2.C2HF3O2/c1-25-19-10-15(16-11-21-22-12-16)6-7-18(19)20(24)23-17-8-13-4-2-3-5-14(13)9-17;3-2(4,5)1(6)7/h2-7,10-12,17H,8-9H2,1H3,(H,21,22)(H,23,24);(H,6,7). The maximum absolute atomic E-state index is 12.7. The lowest BCUT2D eigenvalue weighted by Gasteiger charge is -2.15. The van der Waals surface area contributed by atoms with Gasteiger partial charge in [0.1, 0.15) is 5.75 Å². The second kappa shape index (κ2) is 9.54. The van der Waals surface area contributed by atoms with Gasteiger partial charge in [0, 0.05) is 17.8 Å². The van der Waals surface area contributed by atoms with E-state index in [2.05, 4.69) is 27.6 Å². The number of halogens is 3. The quantitative estimate of drug-likeness (QED) is 0.567. The Morgan fingerprint density at radius 3 is 2.25 bits per heavy atom. The van der Waals surface area contributed by atoms with Gasteiger partial charge in [-0.15, -0.1) is 0 Å². The fourth-order valence-corrected chi connectivity index (χ4v) is 3.39. The molecule has 1 aliphatic rings. The largest absolute Gasteiger partial charge is 0.496 e. The number of benzene rings is 2. The van der Waals surface area contributed by atoms with Crippen molar-refractivity contribution in [1.29, 1.82) is 0 Å². The molecule has 0 spiro atoms. The van der Waals surface area contributed by atoms with Gasteiger partial charge in [-0.05, 0) is 41.7 Å². The molecule has 3 N–H and O–H groups in total. The molecule has 0 radical (unpaired) electrons. The van der Waals surface area contributed by atoms with Gasteiger partial charge in [-0.3, -0.25) is 9.89 Å². The normalized spacial score (nSPS) is 13.0. The van der Waals surface area contributed by atoms with Crippen LogP contribution in [-0.2, 0) is 17.6 Å². The van der Waals surface area contributed by atoms with Crippen LogP contribution in [0.15, 0.2) is 54.9 Å². The van der Waals surface area contributed by atoms with Crippen LogP contribution in [0.3, 0.4) is 0 Å². The van der Waals surface area contributed by atoms with Crippen LogP contribution in [0.4, 0.5) is 13.2 Å². The second-order valence-electron chi connectivity index (χ2n) is 7.05. The molecule has 0 unspecified atom stereocenters. The van der Waals surface area contributed by atoms with E-state index in [1.165, 1.54) is 11.1 Å². The Morgan fingerprint density at radius 1 is 1.12 bits per heavy atom. The molecular weight excluding hydrogens is 427 g/mol. The highest BCUT2D eigenvalue weighted by atomic mass is 19.4. The van der Waals surface area contributed by atoms with Gasteiger partial charge in [-0.1, -0.05) is 30.3 Å². The number of nitrogens with zero attached hydrogens (tertiary/aromatic N) is 1. The number of aromatic amines is 1. The Hall–Kier alpha value is -3.82. The molecule has 0 aliphatic heterocycles. The molecule has 7 nitrogen and oxygen atoms in total. The minimum absolute atomic E-state index is 0.103. The molecule has 1 amide bonds. The Kier molecular flexibility index (Phi) is 6.82. The first-order valence-corrected chi connectivity index (χ1v) is 9.54. The van der Waals surface area contributed by atoms with Crippen LogP contribution in [0, 0.1) is 0 Å². The number of rotatable bonds is 4. The van der Waals surface area contributed by atoms with Gasteiger partial charge >= 0.3 is 12.1 Å². The highest BCUT2D eigenvalue weighted by Gasteiger charge is 2.38. The highest BCUT2D eigenvalue weighted by molar-refractivity contribution is 5.98. The zero-order valence-electron chi connectivity index (χ0n) is 16.9. The van der Waals surface area contributed by atoms with Crippen molar-refractivity contribution in [2.45, 2.75) is 25.1 Å². The molecule has 0 saturated carbocycles. The highest BCUT2D eigenvalue weighted by Crippen LogP contribution is 2.28. The van der Waals surface area contributed by atoms with Crippen molar-refractivity contribution in [1.82, 2.24) is 15.5 Å². The molecule has 0 saturated heterocycles. The Morgan fingerprint density at radius 2 is 1.75 bits per heavy atom. The number of alkyl halides is 3. The number of fused-ring (bicyclic) bond motifs is 1. The van der Waals surface area contributed by atoms with Crippen LogP contribution in [0.1, 0.15) is 21.5 Å². The second-order valence-corrected chi connectivity index (χ2v) is 7.05. The Labute approximate surface area is 181 Å². The molecule has 4 rings (SSSR count). The number of hydrogen-bond donors (Lipinski definition) is 3. The van der Waals surface area contributed by atoms with E-state index in [0.717, 1.165) is 24.0 Å². The molecule has 0 bridgehead atoms. The first-order chi connectivity index (χ1) is 15.2. The number of hydrogen-bond acceptors (Lipinski definition) is 4. The van der Waals surface area contributed by atoms with Gasteiger partial charge < -0.3 is 15.2 Å². The lowest BCUT2D eigenvalue weighted by atomic mass is 10.0. The molecule has 2 aromatic carbocycles. The zero-order chi connectivity index (χ0) is 23.3. The third-order valence-electron chi connectivity index (χ3n) is 4.91. The van der Waals surface area contributed by atoms with Crippen LogP contribution in [0.25, 0.3) is 11.1 Å². The summed E-state index contributed by atoms with van der Waals surface area (Å²) in [7, 11) is 1.58. The van der Waals surface area contributed by atoms with Crippen molar-refractivity contribution < 1.29 is 32.6 Å². The van der Waals surface area contributed by atoms with Crippen molar-refractivity contribution in [2.75, 3.05) is 7.11 Å². The summed E-state index contributed by atoms with van der Waals surface area (Å²) in [6, 6.07) is 14.0. The average Bonchev–Trinajstić information content (AvgIpc) is 3.42. The van der Waals surface area contributed by atoms with Crippen molar-refractivity contribution in [3.63, 3.8) is 0 Å². The zero-order valence-corrected chi connectivity index (χ0v) is 16.9. The van der Waals surface area contributed by atoms with Crippen molar-refractivity contribution >= 4 is 11.9 Å². The molecule has 168 valence electrons. The topological polar surface area (TPSA) is 104 Å².